The number of anilines is 1. The zero-order valence-corrected chi connectivity index (χ0v) is 19.4. The van der Waals surface area contributed by atoms with Crippen molar-refractivity contribution in [1.29, 1.82) is 0 Å². The monoisotopic (exact) mass is 458 g/mol. The minimum absolute atomic E-state index is 0.0573. The molecule has 4 rings (SSSR count). The molecule has 0 aliphatic carbocycles. The maximum absolute atomic E-state index is 14.6. The SMILES string of the molecule is CC(C)c1ccc(C(C)C)c(S(=O)(=O)NC(=O)c2cc3c(F)cc(N4CCC4)cc3o2)c1. The van der Waals surface area contributed by atoms with E-state index < -0.39 is 21.7 Å². The van der Waals surface area contributed by atoms with E-state index in [0.717, 1.165) is 25.1 Å². The van der Waals surface area contributed by atoms with Gasteiger partial charge in [-0.05, 0) is 41.5 Å². The molecule has 1 amide bonds. The van der Waals surface area contributed by atoms with Crippen LogP contribution in [0.3, 0.4) is 0 Å². The van der Waals surface area contributed by atoms with Crippen molar-refractivity contribution in [2.75, 3.05) is 18.0 Å². The average molecular weight is 459 g/mol. The van der Waals surface area contributed by atoms with Crippen LogP contribution in [0.5, 0.6) is 0 Å². The van der Waals surface area contributed by atoms with Crippen LogP contribution in [0.2, 0.25) is 0 Å². The molecule has 32 heavy (non-hydrogen) atoms. The van der Waals surface area contributed by atoms with Crippen LogP contribution in [-0.4, -0.2) is 27.4 Å². The molecular weight excluding hydrogens is 431 g/mol. The van der Waals surface area contributed by atoms with E-state index in [-0.39, 0.29) is 33.5 Å². The lowest BCUT2D eigenvalue weighted by Gasteiger charge is -2.33. The smallest absolute Gasteiger partial charge is 0.300 e. The maximum Gasteiger partial charge on any atom is 0.300 e. The summed E-state index contributed by atoms with van der Waals surface area (Å²) in [7, 11) is -4.16. The van der Waals surface area contributed by atoms with Crippen LogP contribution in [0.1, 0.15) is 67.6 Å². The molecule has 0 unspecified atom stereocenters. The number of benzene rings is 2. The summed E-state index contributed by atoms with van der Waals surface area (Å²) in [5.74, 6) is -1.63. The number of sulfonamides is 1. The third-order valence-corrected chi connectivity index (χ3v) is 7.25. The number of furan rings is 1. The Bertz CT molecular complexity index is 1290. The zero-order valence-electron chi connectivity index (χ0n) is 18.6. The van der Waals surface area contributed by atoms with Crippen LogP contribution in [0.4, 0.5) is 10.1 Å². The molecular formula is C24H27FN2O4S. The van der Waals surface area contributed by atoms with Gasteiger partial charge in [0.25, 0.3) is 10.0 Å². The molecule has 1 aliphatic heterocycles. The Balaban J connectivity index is 1.67. The first-order valence-electron chi connectivity index (χ1n) is 10.8. The summed E-state index contributed by atoms with van der Waals surface area (Å²) in [6.07, 6.45) is 1.04. The number of hydrogen-bond donors (Lipinski definition) is 1. The number of hydrogen-bond acceptors (Lipinski definition) is 5. The highest BCUT2D eigenvalue weighted by Gasteiger charge is 2.26. The summed E-state index contributed by atoms with van der Waals surface area (Å²) >= 11 is 0. The van der Waals surface area contributed by atoms with Gasteiger partial charge in [0.2, 0.25) is 0 Å². The summed E-state index contributed by atoms with van der Waals surface area (Å²) in [6.45, 7) is 9.40. The molecule has 170 valence electrons. The van der Waals surface area contributed by atoms with E-state index in [9.17, 15) is 17.6 Å². The third-order valence-electron chi connectivity index (χ3n) is 5.86. The fraction of sp³-hybridized carbons (Fsp3) is 0.375. The van der Waals surface area contributed by atoms with E-state index >= 15 is 0 Å². The fourth-order valence-electron chi connectivity index (χ4n) is 3.80. The van der Waals surface area contributed by atoms with Gasteiger partial charge in [0.15, 0.2) is 5.76 Å². The predicted molar refractivity (Wildman–Crippen MR) is 122 cm³/mol. The standard InChI is InChI=1S/C24H27FN2O4S/c1-14(2)16-6-7-18(15(3)4)23(10-16)32(29,30)26-24(28)22-13-19-20(25)11-17(12-21(19)31-22)27-8-5-9-27/h6-7,10-15H,5,8-9H2,1-4H3,(H,26,28). The minimum atomic E-state index is -4.16. The first kappa shape index (κ1) is 22.3. The zero-order chi connectivity index (χ0) is 23.2. The Morgan fingerprint density at radius 1 is 1.06 bits per heavy atom. The second-order valence-electron chi connectivity index (χ2n) is 8.83. The van der Waals surface area contributed by atoms with Crippen molar-refractivity contribution in [2.24, 2.45) is 0 Å². The molecule has 0 radical (unpaired) electrons. The lowest BCUT2D eigenvalue weighted by Crippen LogP contribution is -2.36. The number of carbonyl (C=O) groups excluding carboxylic acids is 1. The van der Waals surface area contributed by atoms with Gasteiger partial charge in [-0.3, -0.25) is 4.79 Å². The predicted octanol–water partition coefficient (Wildman–Crippen LogP) is 5.15. The van der Waals surface area contributed by atoms with Crippen LogP contribution < -0.4 is 9.62 Å². The first-order chi connectivity index (χ1) is 15.1. The largest absolute Gasteiger partial charge is 0.451 e. The molecule has 8 heteroatoms. The highest BCUT2D eigenvalue weighted by molar-refractivity contribution is 7.90. The molecule has 3 aromatic rings. The number of rotatable bonds is 6. The Morgan fingerprint density at radius 2 is 1.78 bits per heavy atom. The van der Waals surface area contributed by atoms with E-state index in [0.29, 0.717) is 11.3 Å². The molecule has 0 bridgehead atoms. The summed E-state index contributed by atoms with van der Waals surface area (Å²) in [6, 6.07) is 9.61. The third kappa shape index (κ3) is 4.11. The Labute approximate surface area is 187 Å². The van der Waals surface area contributed by atoms with Gasteiger partial charge in [-0.1, -0.05) is 39.8 Å². The summed E-state index contributed by atoms with van der Waals surface area (Å²) < 4.78 is 48.5. The van der Waals surface area contributed by atoms with Crippen LogP contribution in [0.25, 0.3) is 11.0 Å². The average Bonchev–Trinajstić information content (AvgIpc) is 3.11. The van der Waals surface area contributed by atoms with E-state index in [2.05, 4.69) is 4.72 Å². The van der Waals surface area contributed by atoms with E-state index in [1.807, 2.05) is 38.7 Å². The second kappa shape index (κ2) is 8.24. The molecule has 1 aliphatic rings. The van der Waals surface area contributed by atoms with Crippen LogP contribution in [0.15, 0.2) is 45.7 Å². The maximum atomic E-state index is 14.6. The van der Waals surface area contributed by atoms with Crippen molar-refractivity contribution in [3.05, 3.63) is 59.1 Å². The van der Waals surface area contributed by atoms with E-state index in [1.54, 1.807) is 18.2 Å². The van der Waals surface area contributed by atoms with E-state index in [1.165, 1.54) is 12.1 Å². The van der Waals surface area contributed by atoms with Gasteiger partial charge in [-0.25, -0.2) is 17.5 Å². The lowest BCUT2D eigenvalue weighted by molar-refractivity contribution is 0.0956. The van der Waals surface area contributed by atoms with Crippen molar-refractivity contribution < 1.29 is 22.0 Å². The normalized spacial score (nSPS) is 14.3. The molecule has 2 aromatic carbocycles. The fourth-order valence-corrected chi connectivity index (χ4v) is 5.16. The van der Waals surface area contributed by atoms with Crippen molar-refractivity contribution in [3.8, 4) is 0 Å². The number of amides is 1. The minimum Gasteiger partial charge on any atom is -0.451 e. The van der Waals surface area contributed by atoms with Gasteiger partial charge < -0.3 is 9.32 Å². The number of nitrogens with zero attached hydrogens (tertiary/aromatic N) is 1. The Hall–Kier alpha value is -2.87. The van der Waals surface area contributed by atoms with Gasteiger partial charge >= 0.3 is 5.91 Å². The van der Waals surface area contributed by atoms with E-state index in [4.69, 9.17) is 4.42 Å². The molecule has 2 heterocycles. The molecule has 0 spiro atoms. The van der Waals surface area contributed by atoms with Gasteiger partial charge in [0.1, 0.15) is 11.4 Å². The van der Waals surface area contributed by atoms with Gasteiger partial charge in [0, 0.05) is 30.9 Å². The van der Waals surface area contributed by atoms with Crippen LogP contribution in [0, 0.1) is 5.82 Å². The number of halogens is 1. The molecule has 0 saturated carbocycles. The summed E-state index contributed by atoms with van der Waals surface area (Å²) in [5, 5.41) is 0.140. The Morgan fingerprint density at radius 3 is 2.38 bits per heavy atom. The topological polar surface area (TPSA) is 79.6 Å². The van der Waals surface area contributed by atoms with Crippen molar-refractivity contribution in [3.63, 3.8) is 0 Å². The molecule has 1 fully saturated rings. The van der Waals surface area contributed by atoms with Gasteiger partial charge in [0.05, 0.1) is 10.3 Å². The van der Waals surface area contributed by atoms with Crippen LogP contribution >= 0.6 is 0 Å². The number of nitrogens with one attached hydrogen (secondary N) is 1. The molecule has 6 nitrogen and oxygen atoms in total. The van der Waals surface area contributed by atoms with Gasteiger partial charge in [-0.2, -0.15) is 0 Å². The second-order valence-corrected chi connectivity index (χ2v) is 10.5. The molecule has 0 atom stereocenters. The number of carbonyl (C=O) groups is 1. The van der Waals surface area contributed by atoms with Crippen molar-refractivity contribution in [2.45, 2.75) is 50.8 Å². The lowest BCUT2D eigenvalue weighted by atomic mass is 9.97. The highest BCUT2D eigenvalue weighted by Crippen LogP contribution is 2.31. The summed E-state index contributed by atoms with van der Waals surface area (Å²) in [5.41, 5.74) is 2.36. The quantitative estimate of drug-likeness (QED) is 0.553. The molecule has 1 saturated heterocycles. The Kier molecular flexibility index (Phi) is 5.75. The molecule has 1 aromatic heterocycles. The van der Waals surface area contributed by atoms with Gasteiger partial charge in [-0.15, -0.1) is 0 Å². The summed E-state index contributed by atoms with van der Waals surface area (Å²) in [4.78, 5) is 14.9. The van der Waals surface area contributed by atoms with Crippen LogP contribution in [-0.2, 0) is 10.0 Å². The first-order valence-corrected chi connectivity index (χ1v) is 12.2. The molecule has 1 N–H and O–H groups in total. The number of fused-ring (bicyclic) bond motifs is 1. The van der Waals surface area contributed by atoms with Crippen molar-refractivity contribution >= 4 is 32.6 Å². The highest BCUT2D eigenvalue weighted by atomic mass is 32.2. The van der Waals surface area contributed by atoms with Crippen molar-refractivity contribution in [1.82, 2.24) is 4.72 Å².